The van der Waals surface area contributed by atoms with Crippen molar-refractivity contribution >= 4 is 22.6 Å². The molecule has 8 heteroatoms. The molecular formula is C23H30N6O2. The first-order valence-corrected chi connectivity index (χ1v) is 10.9. The Morgan fingerprint density at radius 2 is 2.10 bits per heavy atom. The van der Waals surface area contributed by atoms with E-state index in [1.165, 1.54) is 5.56 Å². The predicted octanol–water partition coefficient (Wildman–Crippen LogP) is 2.47. The number of fused-ring (bicyclic) bond motifs is 1. The zero-order valence-electron chi connectivity index (χ0n) is 18.2. The topological polar surface area (TPSA) is 86.4 Å². The molecule has 164 valence electrons. The third kappa shape index (κ3) is 4.80. The number of aryl methyl sites for hydroxylation is 1. The number of hydrogen-bond donors (Lipinski definition) is 2. The number of piperazine rings is 1. The third-order valence-corrected chi connectivity index (χ3v) is 5.84. The Morgan fingerprint density at radius 1 is 1.26 bits per heavy atom. The number of H-pyrrole nitrogens is 1. The summed E-state index contributed by atoms with van der Waals surface area (Å²) in [6, 6.07) is 5.86. The SMILES string of the molecule is CCNC(=O)c1ccc2[nH]cc(CCCN3CCN(c4ncncc4OC)CC3)c2c1. The molecule has 2 N–H and O–H groups in total. The molecule has 1 aliphatic heterocycles. The van der Waals surface area contributed by atoms with Gasteiger partial charge >= 0.3 is 0 Å². The van der Waals surface area contributed by atoms with Gasteiger partial charge in [-0.3, -0.25) is 9.69 Å². The highest BCUT2D eigenvalue weighted by atomic mass is 16.5. The summed E-state index contributed by atoms with van der Waals surface area (Å²) < 4.78 is 5.40. The second-order valence-electron chi connectivity index (χ2n) is 7.78. The monoisotopic (exact) mass is 422 g/mol. The van der Waals surface area contributed by atoms with E-state index in [2.05, 4.69) is 36.3 Å². The van der Waals surface area contributed by atoms with Crippen LogP contribution in [-0.2, 0) is 6.42 Å². The van der Waals surface area contributed by atoms with Crippen molar-refractivity contribution in [3.8, 4) is 5.75 Å². The Hall–Kier alpha value is -3.13. The van der Waals surface area contributed by atoms with Crippen molar-refractivity contribution in [2.45, 2.75) is 19.8 Å². The smallest absolute Gasteiger partial charge is 0.251 e. The van der Waals surface area contributed by atoms with Gasteiger partial charge in [0.05, 0.1) is 13.3 Å². The molecule has 8 nitrogen and oxygen atoms in total. The minimum Gasteiger partial charge on any atom is -0.491 e. The number of hydrogen-bond acceptors (Lipinski definition) is 6. The number of rotatable bonds is 8. The Balaban J connectivity index is 1.30. The number of anilines is 1. The molecule has 1 saturated heterocycles. The maximum absolute atomic E-state index is 12.2. The fourth-order valence-corrected chi connectivity index (χ4v) is 4.16. The lowest BCUT2D eigenvalue weighted by Gasteiger charge is -2.35. The van der Waals surface area contributed by atoms with Gasteiger partial charge in [-0.2, -0.15) is 0 Å². The van der Waals surface area contributed by atoms with E-state index in [0.29, 0.717) is 12.1 Å². The Kier molecular flexibility index (Phi) is 6.66. The van der Waals surface area contributed by atoms with Crippen LogP contribution in [0.2, 0.25) is 0 Å². The average Bonchev–Trinajstić information content (AvgIpc) is 3.22. The number of nitrogens with one attached hydrogen (secondary N) is 2. The number of carbonyl (C=O) groups excluding carboxylic acids is 1. The molecule has 1 fully saturated rings. The van der Waals surface area contributed by atoms with Gasteiger partial charge in [0.15, 0.2) is 11.6 Å². The number of amides is 1. The van der Waals surface area contributed by atoms with Crippen molar-refractivity contribution in [1.82, 2.24) is 25.2 Å². The lowest BCUT2D eigenvalue weighted by atomic mass is 10.1. The van der Waals surface area contributed by atoms with Crippen LogP contribution in [0.15, 0.2) is 36.9 Å². The maximum Gasteiger partial charge on any atom is 0.251 e. The van der Waals surface area contributed by atoms with Crippen LogP contribution in [0.3, 0.4) is 0 Å². The summed E-state index contributed by atoms with van der Waals surface area (Å²) in [5.74, 6) is 1.58. The standard InChI is InChI=1S/C23H30N6O2/c1-3-25-23(30)17-6-7-20-19(13-17)18(14-26-20)5-4-8-28-9-11-29(12-10-28)22-21(31-2)15-24-16-27-22/h6-7,13-16,26H,3-5,8-12H2,1-2H3,(H,25,30). The molecule has 1 aliphatic rings. The average molecular weight is 423 g/mol. The van der Waals surface area contributed by atoms with E-state index >= 15 is 0 Å². The maximum atomic E-state index is 12.2. The van der Waals surface area contributed by atoms with Gasteiger partial charge in [-0.05, 0) is 50.1 Å². The first-order chi connectivity index (χ1) is 15.2. The van der Waals surface area contributed by atoms with E-state index in [0.717, 1.165) is 68.0 Å². The predicted molar refractivity (Wildman–Crippen MR) is 122 cm³/mol. The molecule has 0 atom stereocenters. The molecule has 31 heavy (non-hydrogen) atoms. The number of aromatic amines is 1. The third-order valence-electron chi connectivity index (χ3n) is 5.84. The van der Waals surface area contributed by atoms with Crippen LogP contribution in [0.5, 0.6) is 5.75 Å². The number of ether oxygens (including phenoxy) is 1. The number of carbonyl (C=O) groups is 1. The summed E-state index contributed by atoms with van der Waals surface area (Å²) in [5, 5.41) is 4.01. The highest BCUT2D eigenvalue weighted by Gasteiger charge is 2.20. The van der Waals surface area contributed by atoms with E-state index in [9.17, 15) is 4.79 Å². The van der Waals surface area contributed by atoms with Crippen LogP contribution in [0.1, 0.15) is 29.3 Å². The minimum atomic E-state index is -0.0188. The van der Waals surface area contributed by atoms with Gasteiger partial charge in [-0.1, -0.05) is 0 Å². The van der Waals surface area contributed by atoms with E-state index in [4.69, 9.17) is 4.74 Å². The number of methoxy groups -OCH3 is 1. The first-order valence-electron chi connectivity index (χ1n) is 10.9. The Morgan fingerprint density at radius 3 is 2.87 bits per heavy atom. The molecule has 0 spiro atoms. The molecular weight excluding hydrogens is 392 g/mol. The molecule has 0 radical (unpaired) electrons. The number of nitrogens with zero attached hydrogens (tertiary/aromatic N) is 4. The van der Waals surface area contributed by atoms with E-state index in [1.54, 1.807) is 19.6 Å². The van der Waals surface area contributed by atoms with Crippen molar-refractivity contribution in [2.75, 3.05) is 51.3 Å². The summed E-state index contributed by atoms with van der Waals surface area (Å²) in [4.78, 5) is 28.7. The molecule has 4 rings (SSSR count). The minimum absolute atomic E-state index is 0.0188. The van der Waals surface area contributed by atoms with Crippen LogP contribution in [0, 0.1) is 0 Å². The Bertz CT molecular complexity index is 1030. The molecule has 2 aromatic heterocycles. The van der Waals surface area contributed by atoms with Crippen molar-refractivity contribution in [2.24, 2.45) is 0 Å². The van der Waals surface area contributed by atoms with Gasteiger partial charge in [0.2, 0.25) is 0 Å². The lowest BCUT2D eigenvalue weighted by molar-refractivity contribution is 0.0956. The molecule has 3 aromatic rings. The quantitative estimate of drug-likeness (QED) is 0.580. The Labute approximate surface area is 182 Å². The van der Waals surface area contributed by atoms with Crippen LogP contribution < -0.4 is 15.0 Å². The highest BCUT2D eigenvalue weighted by molar-refractivity contribution is 5.98. The second kappa shape index (κ2) is 9.78. The van der Waals surface area contributed by atoms with Crippen molar-refractivity contribution in [3.05, 3.63) is 48.0 Å². The summed E-state index contributed by atoms with van der Waals surface area (Å²) in [5.41, 5.74) is 3.06. The molecule has 1 aromatic carbocycles. The largest absolute Gasteiger partial charge is 0.491 e. The van der Waals surface area contributed by atoms with Gasteiger partial charge in [0.25, 0.3) is 5.91 Å². The lowest BCUT2D eigenvalue weighted by Crippen LogP contribution is -2.47. The van der Waals surface area contributed by atoms with Gasteiger partial charge in [0.1, 0.15) is 6.33 Å². The normalized spacial score (nSPS) is 14.7. The van der Waals surface area contributed by atoms with Crippen LogP contribution >= 0.6 is 0 Å². The van der Waals surface area contributed by atoms with E-state index in [-0.39, 0.29) is 5.91 Å². The zero-order chi connectivity index (χ0) is 21.6. The van der Waals surface area contributed by atoms with Crippen LogP contribution in [0.25, 0.3) is 10.9 Å². The van der Waals surface area contributed by atoms with Crippen LogP contribution in [0.4, 0.5) is 5.82 Å². The summed E-state index contributed by atoms with van der Waals surface area (Å²) in [6.45, 7) is 7.48. The molecule has 0 bridgehead atoms. The fourth-order valence-electron chi connectivity index (χ4n) is 4.16. The summed E-state index contributed by atoms with van der Waals surface area (Å²) >= 11 is 0. The highest BCUT2D eigenvalue weighted by Crippen LogP contribution is 2.25. The molecule has 1 amide bonds. The van der Waals surface area contributed by atoms with Crippen LogP contribution in [-0.4, -0.2) is 72.1 Å². The molecule has 0 saturated carbocycles. The fraction of sp³-hybridized carbons (Fsp3) is 0.435. The van der Waals surface area contributed by atoms with Gasteiger partial charge in [-0.15, -0.1) is 0 Å². The van der Waals surface area contributed by atoms with Crippen molar-refractivity contribution in [3.63, 3.8) is 0 Å². The van der Waals surface area contributed by atoms with Crippen molar-refractivity contribution < 1.29 is 9.53 Å². The number of aromatic nitrogens is 3. The first kappa shape index (κ1) is 21.1. The van der Waals surface area contributed by atoms with E-state index < -0.39 is 0 Å². The summed E-state index contributed by atoms with van der Waals surface area (Å²) in [6.07, 6.45) is 7.43. The van der Waals surface area contributed by atoms with E-state index in [1.807, 2.05) is 25.1 Å². The molecule has 3 heterocycles. The zero-order valence-corrected chi connectivity index (χ0v) is 18.2. The van der Waals surface area contributed by atoms with Gasteiger partial charge < -0.3 is 19.9 Å². The molecule has 0 aliphatic carbocycles. The molecule has 0 unspecified atom stereocenters. The number of benzene rings is 1. The van der Waals surface area contributed by atoms with Gasteiger partial charge in [0, 0.05) is 55.4 Å². The second-order valence-corrected chi connectivity index (χ2v) is 7.78. The van der Waals surface area contributed by atoms with Gasteiger partial charge in [-0.25, -0.2) is 9.97 Å². The van der Waals surface area contributed by atoms with Crippen molar-refractivity contribution in [1.29, 1.82) is 0 Å². The summed E-state index contributed by atoms with van der Waals surface area (Å²) in [7, 11) is 1.66.